The molecule has 1 heterocycles. The van der Waals surface area contributed by atoms with E-state index in [4.69, 9.17) is 0 Å². The molecule has 23 heavy (non-hydrogen) atoms. The molecule has 120 valence electrons. The Hall–Kier alpha value is -1.96. The topological polar surface area (TPSA) is 68.2 Å². The number of fused-ring (bicyclic) bond motifs is 1. The van der Waals surface area contributed by atoms with E-state index in [1.807, 2.05) is 30.3 Å². The van der Waals surface area contributed by atoms with Crippen molar-refractivity contribution in [1.29, 1.82) is 0 Å². The van der Waals surface area contributed by atoms with Crippen LogP contribution in [0, 0.1) is 0 Å². The molecule has 1 N–H and O–H groups in total. The van der Waals surface area contributed by atoms with Crippen LogP contribution < -0.4 is 9.60 Å². The molecule has 0 atom stereocenters. The minimum absolute atomic E-state index is 0.105. The maximum absolute atomic E-state index is 12.4. The van der Waals surface area contributed by atoms with Crippen LogP contribution in [-0.2, 0) is 23.5 Å². The van der Waals surface area contributed by atoms with Crippen LogP contribution in [0.3, 0.4) is 0 Å². The summed E-state index contributed by atoms with van der Waals surface area (Å²) in [5, 5.41) is 0. The van der Waals surface area contributed by atoms with Gasteiger partial charge in [-0.15, -0.1) is 0 Å². The molecule has 7 heteroatoms. The van der Waals surface area contributed by atoms with E-state index < -0.39 is 10.0 Å². The van der Waals surface area contributed by atoms with Crippen molar-refractivity contribution in [3.63, 3.8) is 0 Å². The number of sulfonamides is 1. The Kier molecular flexibility index (Phi) is 4.34. The van der Waals surface area contributed by atoms with Crippen molar-refractivity contribution in [2.45, 2.75) is 11.3 Å². The van der Waals surface area contributed by atoms with E-state index in [0.29, 0.717) is 17.7 Å². The average Bonchev–Trinajstić information content (AvgIpc) is 2.82. The van der Waals surface area contributed by atoms with E-state index in [1.54, 1.807) is 19.2 Å². The number of hydrogen-bond acceptors (Lipinski definition) is 4. The minimum Gasteiger partial charge on any atom is -0.302 e. The van der Waals surface area contributed by atoms with Gasteiger partial charge in [0.2, 0.25) is 10.0 Å². The molecule has 0 saturated carbocycles. The van der Waals surface area contributed by atoms with Gasteiger partial charge in [0.05, 0.1) is 15.1 Å². The lowest BCUT2D eigenvalue weighted by molar-refractivity contribution is 0.582. The Morgan fingerprint density at radius 1 is 1.13 bits per heavy atom. The van der Waals surface area contributed by atoms with E-state index in [9.17, 15) is 13.2 Å². The van der Waals surface area contributed by atoms with E-state index in [1.165, 1.54) is 10.6 Å². The first-order valence-corrected chi connectivity index (χ1v) is 9.40. The quantitative estimate of drug-likeness (QED) is 0.768. The fourth-order valence-electron chi connectivity index (χ4n) is 2.34. The van der Waals surface area contributed by atoms with Crippen LogP contribution >= 0.6 is 11.3 Å². The fourth-order valence-corrected chi connectivity index (χ4v) is 4.39. The van der Waals surface area contributed by atoms with Crippen molar-refractivity contribution in [3.8, 4) is 0 Å². The summed E-state index contributed by atoms with van der Waals surface area (Å²) in [6.07, 6.45) is 0.626. The summed E-state index contributed by atoms with van der Waals surface area (Å²) < 4.78 is 29.5. The van der Waals surface area contributed by atoms with Crippen LogP contribution in [0.1, 0.15) is 5.56 Å². The van der Waals surface area contributed by atoms with Crippen molar-refractivity contribution >= 4 is 31.6 Å². The van der Waals surface area contributed by atoms with E-state index in [2.05, 4.69) is 4.72 Å². The summed E-state index contributed by atoms with van der Waals surface area (Å²) in [5.74, 6) is 0. The normalized spacial score (nSPS) is 11.9. The zero-order valence-electron chi connectivity index (χ0n) is 12.5. The third-order valence-electron chi connectivity index (χ3n) is 3.62. The number of benzene rings is 2. The van der Waals surface area contributed by atoms with Crippen LogP contribution in [0.2, 0.25) is 0 Å². The van der Waals surface area contributed by atoms with Gasteiger partial charge in [-0.25, -0.2) is 13.1 Å². The van der Waals surface area contributed by atoms with Crippen molar-refractivity contribution in [2.75, 3.05) is 6.54 Å². The molecule has 3 aromatic rings. The SMILES string of the molecule is Cn1c(=O)sc2cc(S(=O)(=O)NCCc3ccccc3)ccc21. The maximum Gasteiger partial charge on any atom is 0.307 e. The molecule has 0 spiro atoms. The standard InChI is InChI=1S/C16H16N2O3S2/c1-18-14-8-7-13(11-15(14)22-16(18)19)23(20,21)17-10-9-12-5-3-2-4-6-12/h2-8,11,17H,9-10H2,1H3. The van der Waals surface area contributed by atoms with Gasteiger partial charge >= 0.3 is 4.87 Å². The molecule has 0 bridgehead atoms. The van der Waals surface area contributed by atoms with E-state index in [-0.39, 0.29) is 9.77 Å². The van der Waals surface area contributed by atoms with Crippen LogP contribution in [0.15, 0.2) is 58.2 Å². The molecule has 0 amide bonds. The number of hydrogen-bond donors (Lipinski definition) is 1. The highest BCUT2D eigenvalue weighted by molar-refractivity contribution is 7.89. The monoisotopic (exact) mass is 348 g/mol. The molecule has 0 aliphatic heterocycles. The summed E-state index contributed by atoms with van der Waals surface area (Å²) in [6, 6.07) is 14.4. The van der Waals surface area contributed by atoms with Crippen molar-refractivity contribution in [3.05, 3.63) is 63.8 Å². The lowest BCUT2D eigenvalue weighted by atomic mass is 10.2. The molecule has 0 saturated heterocycles. The highest BCUT2D eigenvalue weighted by atomic mass is 32.2. The van der Waals surface area contributed by atoms with Crippen molar-refractivity contribution in [2.24, 2.45) is 7.05 Å². The fraction of sp³-hybridized carbons (Fsp3) is 0.188. The second-order valence-corrected chi connectivity index (χ2v) is 7.95. The first kappa shape index (κ1) is 15.9. The van der Waals surface area contributed by atoms with E-state index >= 15 is 0 Å². The van der Waals surface area contributed by atoms with Crippen LogP contribution in [0.25, 0.3) is 10.2 Å². The Morgan fingerprint density at radius 2 is 1.87 bits per heavy atom. The van der Waals surface area contributed by atoms with Crippen LogP contribution in [0.4, 0.5) is 0 Å². The molecular weight excluding hydrogens is 332 g/mol. The van der Waals surface area contributed by atoms with Crippen LogP contribution in [0.5, 0.6) is 0 Å². The number of rotatable bonds is 5. The molecule has 0 aliphatic carbocycles. The summed E-state index contributed by atoms with van der Waals surface area (Å²) in [6.45, 7) is 0.329. The number of thiazole rings is 1. The van der Waals surface area contributed by atoms with Gasteiger partial charge in [0.25, 0.3) is 0 Å². The Labute approximate surface area is 138 Å². The molecule has 1 aromatic heterocycles. The van der Waals surface area contributed by atoms with Crippen molar-refractivity contribution in [1.82, 2.24) is 9.29 Å². The lowest BCUT2D eigenvalue weighted by Gasteiger charge is -2.07. The first-order chi connectivity index (χ1) is 11.0. The smallest absolute Gasteiger partial charge is 0.302 e. The molecular formula is C16H16N2O3S2. The molecule has 0 unspecified atom stereocenters. The second kappa shape index (κ2) is 6.27. The minimum atomic E-state index is -3.58. The second-order valence-electron chi connectivity index (χ2n) is 5.19. The van der Waals surface area contributed by atoms with Gasteiger partial charge in [-0.1, -0.05) is 41.7 Å². The maximum atomic E-state index is 12.4. The van der Waals surface area contributed by atoms with Gasteiger partial charge < -0.3 is 4.57 Å². The average molecular weight is 348 g/mol. The summed E-state index contributed by atoms with van der Waals surface area (Å²) >= 11 is 1.04. The highest BCUT2D eigenvalue weighted by Crippen LogP contribution is 2.21. The predicted octanol–water partition coefficient (Wildman–Crippen LogP) is 2.12. The Bertz CT molecular complexity index is 989. The van der Waals surface area contributed by atoms with Gasteiger partial charge in [0.1, 0.15) is 0 Å². The van der Waals surface area contributed by atoms with E-state index in [0.717, 1.165) is 22.4 Å². The Morgan fingerprint density at radius 3 is 2.61 bits per heavy atom. The first-order valence-electron chi connectivity index (χ1n) is 7.10. The van der Waals surface area contributed by atoms with Crippen molar-refractivity contribution < 1.29 is 8.42 Å². The Balaban J connectivity index is 1.78. The third kappa shape index (κ3) is 3.36. The van der Waals surface area contributed by atoms with Crippen LogP contribution in [-0.4, -0.2) is 19.5 Å². The van der Waals surface area contributed by atoms with Gasteiger partial charge in [-0.05, 0) is 30.2 Å². The highest BCUT2D eigenvalue weighted by Gasteiger charge is 2.15. The molecule has 0 radical (unpaired) electrons. The van der Waals surface area contributed by atoms with Gasteiger partial charge in [0, 0.05) is 13.6 Å². The lowest BCUT2D eigenvalue weighted by Crippen LogP contribution is -2.25. The third-order valence-corrected chi connectivity index (χ3v) is 6.08. The number of aromatic nitrogens is 1. The number of nitrogens with one attached hydrogen (secondary N) is 1. The summed E-state index contributed by atoms with van der Waals surface area (Å²) in [5.41, 5.74) is 1.81. The molecule has 3 rings (SSSR count). The predicted molar refractivity (Wildman–Crippen MR) is 92.4 cm³/mol. The number of aryl methyl sites for hydroxylation is 1. The summed E-state index contributed by atoms with van der Waals surface area (Å²) in [7, 11) is -1.91. The number of nitrogens with zero attached hydrogens (tertiary/aromatic N) is 1. The molecule has 0 aliphatic rings. The summed E-state index contributed by atoms with van der Waals surface area (Å²) in [4.78, 5) is 11.7. The largest absolute Gasteiger partial charge is 0.307 e. The van der Waals surface area contributed by atoms with Gasteiger partial charge in [0.15, 0.2) is 0 Å². The molecule has 0 fully saturated rings. The molecule has 5 nitrogen and oxygen atoms in total. The molecule has 2 aromatic carbocycles. The zero-order chi connectivity index (χ0) is 16.4. The van der Waals surface area contributed by atoms with Gasteiger partial charge in [-0.3, -0.25) is 4.79 Å². The van der Waals surface area contributed by atoms with Gasteiger partial charge in [-0.2, -0.15) is 0 Å². The zero-order valence-corrected chi connectivity index (χ0v) is 14.2.